The fourth-order valence-corrected chi connectivity index (χ4v) is 1.95. The minimum Gasteiger partial charge on any atom is -0.311 e. The van der Waals surface area contributed by atoms with Crippen LogP contribution in [0.15, 0.2) is 36.5 Å². The molecule has 6 nitrogen and oxygen atoms in total. The molecule has 2 aromatic rings. The summed E-state index contributed by atoms with van der Waals surface area (Å²) in [6, 6.07) is 10.2. The molecule has 0 bridgehead atoms. The van der Waals surface area contributed by atoms with Gasteiger partial charge in [0.05, 0.1) is 22.2 Å². The van der Waals surface area contributed by atoms with Crippen LogP contribution in [0.1, 0.15) is 15.9 Å². The highest BCUT2D eigenvalue weighted by atomic mass is 35.5. The molecule has 0 saturated heterocycles. The van der Waals surface area contributed by atoms with E-state index >= 15 is 0 Å². The molecule has 0 saturated carbocycles. The number of hydrazine groups is 1. The van der Waals surface area contributed by atoms with Gasteiger partial charge in [0.1, 0.15) is 0 Å². The number of rotatable bonds is 3. The molecule has 0 fully saturated rings. The summed E-state index contributed by atoms with van der Waals surface area (Å²) in [5, 5.41) is 9.03. The summed E-state index contributed by atoms with van der Waals surface area (Å²) in [7, 11) is 1.63. The maximum absolute atomic E-state index is 12.4. The number of nitrogens with zero attached hydrogens (tertiary/aromatic N) is 3. The molecule has 1 aromatic carbocycles. The molecule has 1 heterocycles. The van der Waals surface area contributed by atoms with Crippen molar-refractivity contribution in [3.63, 3.8) is 0 Å². The number of nitrogens with two attached hydrogens (primary N) is 1. The van der Waals surface area contributed by atoms with Crippen molar-refractivity contribution < 1.29 is 4.79 Å². The lowest BCUT2D eigenvalue weighted by molar-refractivity contribution is 0.0992. The first-order chi connectivity index (χ1) is 10.1. The van der Waals surface area contributed by atoms with E-state index in [-0.39, 0.29) is 10.9 Å². The second-order valence-corrected chi connectivity index (χ2v) is 4.63. The van der Waals surface area contributed by atoms with Crippen LogP contribution in [-0.4, -0.2) is 17.9 Å². The number of halogens is 1. The number of amides is 1. The van der Waals surface area contributed by atoms with Gasteiger partial charge in [-0.2, -0.15) is 5.26 Å². The average Bonchev–Trinajstić information content (AvgIpc) is 2.53. The normalized spacial score (nSPS) is 9.81. The number of aromatic nitrogens is 1. The van der Waals surface area contributed by atoms with Crippen molar-refractivity contribution in [3.05, 3.63) is 52.7 Å². The number of carbonyl (C=O) groups is 1. The van der Waals surface area contributed by atoms with Crippen molar-refractivity contribution in [2.75, 3.05) is 17.4 Å². The number of nitrogen functional groups attached to an aromatic ring is 1. The molecule has 0 radical (unpaired) electrons. The number of carbonyl (C=O) groups excluding carboxylic acids is 1. The molecule has 106 valence electrons. The van der Waals surface area contributed by atoms with Crippen LogP contribution in [0.3, 0.4) is 0 Å². The summed E-state index contributed by atoms with van der Waals surface area (Å²) >= 11 is 5.95. The first-order valence-corrected chi connectivity index (χ1v) is 6.35. The van der Waals surface area contributed by atoms with E-state index in [1.165, 1.54) is 17.2 Å². The second-order valence-electron chi connectivity index (χ2n) is 4.22. The maximum Gasteiger partial charge on any atom is 0.259 e. The third-order valence-electron chi connectivity index (χ3n) is 2.91. The lowest BCUT2D eigenvalue weighted by Crippen LogP contribution is -2.26. The Balaban J connectivity index is 2.26. The molecule has 0 aliphatic rings. The van der Waals surface area contributed by atoms with Gasteiger partial charge in [0.25, 0.3) is 5.91 Å². The lowest BCUT2D eigenvalue weighted by Gasteiger charge is -2.17. The van der Waals surface area contributed by atoms with Crippen molar-refractivity contribution >= 4 is 29.0 Å². The van der Waals surface area contributed by atoms with Gasteiger partial charge in [-0.1, -0.05) is 11.6 Å². The van der Waals surface area contributed by atoms with Crippen LogP contribution in [0.4, 0.5) is 11.5 Å². The lowest BCUT2D eigenvalue weighted by atomic mass is 10.2. The SMILES string of the molecule is CN(C(=O)c1cnc(NN)c(Cl)c1)c1ccc(C#N)cc1. The summed E-state index contributed by atoms with van der Waals surface area (Å²) in [6.45, 7) is 0. The number of pyridine rings is 1. The molecule has 2 rings (SSSR count). The standard InChI is InChI=1S/C14H12ClN5O/c1-20(11-4-2-9(7-16)3-5-11)14(21)10-6-12(15)13(19-17)18-8-10/h2-6,8H,17H2,1H3,(H,18,19). The Hall–Kier alpha value is -2.62. The van der Waals surface area contributed by atoms with Crippen LogP contribution >= 0.6 is 11.6 Å². The molecule has 1 amide bonds. The Bertz CT molecular complexity index is 708. The third kappa shape index (κ3) is 3.11. The Morgan fingerprint density at radius 3 is 2.62 bits per heavy atom. The van der Waals surface area contributed by atoms with Gasteiger partial charge in [-0.25, -0.2) is 10.8 Å². The number of nitrogens with one attached hydrogen (secondary N) is 1. The van der Waals surface area contributed by atoms with E-state index in [0.717, 1.165) is 0 Å². The first-order valence-electron chi connectivity index (χ1n) is 5.97. The maximum atomic E-state index is 12.4. The second kappa shape index (κ2) is 6.22. The zero-order chi connectivity index (χ0) is 15.4. The zero-order valence-electron chi connectivity index (χ0n) is 11.2. The third-order valence-corrected chi connectivity index (χ3v) is 3.20. The van der Waals surface area contributed by atoms with E-state index in [1.807, 2.05) is 6.07 Å². The molecule has 0 aliphatic heterocycles. The molecular formula is C14H12ClN5O. The summed E-state index contributed by atoms with van der Waals surface area (Å²) < 4.78 is 0. The van der Waals surface area contributed by atoms with Crippen molar-refractivity contribution in [1.82, 2.24) is 4.98 Å². The highest BCUT2D eigenvalue weighted by Crippen LogP contribution is 2.21. The van der Waals surface area contributed by atoms with Crippen LogP contribution in [0.25, 0.3) is 0 Å². The number of anilines is 2. The largest absolute Gasteiger partial charge is 0.311 e. The van der Waals surface area contributed by atoms with Gasteiger partial charge in [-0.05, 0) is 30.3 Å². The fourth-order valence-electron chi connectivity index (χ4n) is 1.73. The van der Waals surface area contributed by atoms with Gasteiger partial charge in [-0.15, -0.1) is 0 Å². The van der Waals surface area contributed by atoms with E-state index in [4.69, 9.17) is 22.7 Å². The predicted octanol–water partition coefficient (Wildman–Crippen LogP) is 2.17. The molecule has 0 aliphatic carbocycles. The van der Waals surface area contributed by atoms with Crippen LogP contribution in [0, 0.1) is 11.3 Å². The van der Waals surface area contributed by atoms with Crippen molar-refractivity contribution in [2.45, 2.75) is 0 Å². The quantitative estimate of drug-likeness (QED) is 0.669. The van der Waals surface area contributed by atoms with Crippen LogP contribution in [0.5, 0.6) is 0 Å². The van der Waals surface area contributed by atoms with Crippen LogP contribution in [0.2, 0.25) is 5.02 Å². The van der Waals surface area contributed by atoms with Gasteiger partial charge < -0.3 is 10.3 Å². The number of hydrogen-bond acceptors (Lipinski definition) is 5. The Morgan fingerprint density at radius 2 is 2.10 bits per heavy atom. The number of hydrogen-bond donors (Lipinski definition) is 2. The summed E-state index contributed by atoms with van der Waals surface area (Å²) in [5.74, 6) is 5.27. The van der Waals surface area contributed by atoms with Gasteiger partial charge in [-0.3, -0.25) is 4.79 Å². The van der Waals surface area contributed by atoms with E-state index in [9.17, 15) is 4.79 Å². The van der Waals surface area contributed by atoms with Crippen LogP contribution in [-0.2, 0) is 0 Å². The minimum absolute atomic E-state index is 0.261. The minimum atomic E-state index is -0.266. The Morgan fingerprint density at radius 1 is 1.43 bits per heavy atom. The van der Waals surface area contributed by atoms with E-state index in [1.54, 1.807) is 31.3 Å². The molecule has 0 atom stereocenters. The summed E-state index contributed by atoms with van der Waals surface area (Å²) in [4.78, 5) is 17.8. The van der Waals surface area contributed by atoms with Gasteiger partial charge in [0.15, 0.2) is 5.82 Å². The smallest absolute Gasteiger partial charge is 0.259 e. The van der Waals surface area contributed by atoms with Crippen LogP contribution < -0.4 is 16.2 Å². The number of nitriles is 1. The molecule has 21 heavy (non-hydrogen) atoms. The van der Waals surface area contributed by atoms with E-state index in [2.05, 4.69) is 10.4 Å². The number of benzene rings is 1. The monoisotopic (exact) mass is 301 g/mol. The van der Waals surface area contributed by atoms with E-state index in [0.29, 0.717) is 22.6 Å². The fraction of sp³-hybridized carbons (Fsp3) is 0.0714. The molecular weight excluding hydrogens is 290 g/mol. The van der Waals surface area contributed by atoms with Gasteiger partial charge in [0, 0.05) is 18.9 Å². The first kappa shape index (κ1) is 14.8. The highest BCUT2D eigenvalue weighted by molar-refractivity contribution is 6.33. The Labute approximate surface area is 126 Å². The predicted molar refractivity (Wildman–Crippen MR) is 80.9 cm³/mol. The molecule has 7 heteroatoms. The molecule has 1 aromatic heterocycles. The topological polar surface area (TPSA) is 95.0 Å². The molecule has 0 unspecified atom stereocenters. The van der Waals surface area contributed by atoms with Crippen molar-refractivity contribution in [3.8, 4) is 6.07 Å². The summed E-state index contributed by atoms with van der Waals surface area (Å²) in [6.07, 6.45) is 1.39. The van der Waals surface area contributed by atoms with Crippen molar-refractivity contribution in [1.29, 1.82) is 5.26 Å². The highest BCUT2D eigenvalue weighted by Gasteiger charge is 2.15. The zero-order valence-corrected chi connectivity index (χ0v) is 11.9. The van der Waals surface area contributed by atoms with Crippen molar-refractivity contribution in [2.24, 2.45) is 5.84 Å². The molecule has 0 spiro atoms. The average molecular weight is 302 g/mol. The Kier molecular flexibility index (Phi) is 4.38. The molecule has 3 N–H and O–H groups in total. The van der Waals surface area contributed by atoms with Gasteiger partial charge >= 0.3 is 0 Å². The van der Waals surface area contributed by atoms with E-state index < -0.39 is 0 Å². The van der Waals surface area contributed by atoms with Gasteiger partial charge in [0.2, 0.25) is 0 Å². The summed E-state index contributed by atoms with van der Waals surface area (Å²) in [5.41, 5.74) is 3.87.